The van der Waals surface area contributed by atoms with E-state index in [4.69, 9.17) is 4.74 Å². The Morgan fingerprint density at radius 3 is 2.61 bits per heavy atom. The van der Waals surface area contributed by atoms with E-state index in [1.54, 1.807) is 0 Å². The highest BCUT2D eigenvalue weighted by atomic mass is 16.5. The van der Waals surface area contributed by atoms with E-state index in [0.29, 0.717) is 19.7 Å². The lowest BCUT2D eigenvalue weighted by atomic mass is 10.1. The topological polar surface area (TPSA) is 70.7 Å². The molecule has 2 rings (SSSR count). The summed E-state index contributed by atoms with van der Waals surface area (Å²) in [6.45, 7) is 8.03. The number of hydrogen-bond donors (Lipinski definition) is 2. The number of nitrogens with zero attached hydrogens (tertiary/aromatic N) is 1. The van der Waals surface area contributed by atoms with Crippen molar-refractivity contribution in [1.82, 2.24) is 10.2 Å². The maximum Gasteiger partial charge on any atom is 0.253 e. The Kier molecular flexibility index (Phi) is 6.12. The van der Waals surface area contributed by atoms with Gasteiger partial charge in [0.25, 0.3) is 5.91 Å². The minimum absolute atomic E-state index is 0.0307. The van der Waals surface area contributed by atoms with Crippen LogP contribution >= 0.6 is 0 Å². The van der Waals surface area contributed by atoms with Gasteiger partial charge in [-0.05, 0) is 31.9 Å². The third-order valence-corrected chi connectivity index (χ3v) is 3.98. The first-order chi connectivity index (χ1) is 11.0. The van der Waals surface area contributed by atoms with Crippen LogP contribution in [0.4, 0.5) is 5.69 Å². The van der Waals surface area contributed by atoms with Crippen LogP contribution in [-0.2, 0) is 14.3 Å². The zero-order valence-corrected chi connectivity index (χ0v) is 14.0. The van der Waals surface area contributed by atoms with Crippen LogP contribution in [0.5, 0.6) is 0 Å². The van der Waals surface area contributed by atoms with Crippen LogP contribution in [0.2, 0.25) is 0 Å². The summed E-state index contributed by atoms with van der Waals surface area (Å²) in [5.74, 6) is -0.335. The van der Waals surface area contributed by atoms with Crippen molar-refractivity contribution in [2.75, 3.05) is 38.1 Å². The molecule has 1 aliphatic heterocycles. The molecule has 1 aliphatic rings. The van der Waals surface area contributed by atoms with Crippen molar-refractivity contribution in [3.05, 3.63) is 29.3 Å². The van der Waals surface area contributed by atoms with E-state index in [1.165, 1.54) is 4.90 Å². The molecule has 0 spiro atoms. The van der Waals surface area contributed by atoms with Crippen LogP contribution in [0.1, 0.15) is 18.1 Å². The molecular weight excluding hydrogens is 294 g/mol. The number of para-hydroxylation sites is 1. The highest BCUT2D eigenvalue weighted by Crippen LogP contribution is 2.19. The summed E-state index contributed by atoms with van der Waals surface area (Å²) < 4.78 is 5.48. The Morgan fingerprint density at radius 1 is 1.35 bits per heavy atom. The van der Waals surface area contributed by atoms with Crippen molar-refractivity contribution in [3.8, 4) is 0 Å². The molecule has 0 aromatic heterocycles. The number of ether oxygens (including phenoxy) is 1. The van der Waals surface area contributed by atoms with E-state index in [-0.39, 0.29) is 18.4 Å². The van der Waals surface area contributed by atoms with Crippen LogP contribution < -0.4 is 10.6 Å². The number of amides is 2. The number of morpholine rings is 1. The number of likely N-dealkylation sites (N-methyl/N-ethyl adjacent to an activating group) is 1. The normalized spacial score (nSPS) is 17.6. The molecule has 2 amide bonds. The fourth-order valence-corrected chi connectivity index (χ4v) is 2.64. The number of anilines is 1. The summed E-state index contributed by atoms with van der Waals surface area (Å²) in [6, 6.07) is 5.86. The molecule has 1 heterocycles. The van der Waals surface area contributed by atoms with Crippen LogP contribution in [0.15, 0.2) is 18.2 Å². The van der Waals surface area contributed by atoms with Gasteiger partial charge in [0.1, 0.15) is 6.10 Å². The molecule has 2 N–H and O–H groups in total. The van der Waals surface area contributed by atoms with Crippen molar-refractivity contribution >= 4 is 17.5 Å². The zero-order valence-electron chi connectivity index (χ0n) is 14.0. The molecule has 1 aromatic rings. The third kappa shape index (κ3) is 4.53. The minimum atomic E-state index is -0.503. The van der Waals surface area contributed by atoms with E-state index >= 15 is 0 Å². The summed E-state index contributed by atoms with van der Waals surface area (Å²) >= 11 is 0. The van der Waals surface area contributed by atoms with E-state index in [0.717, 1.165) is 23.4 Å². The molecule has 0 bridgehead atoms. The summed E-state index contributed by atoms with van der Waals surface area (Å²) in [5, 5.41) is 6.04. The van der Waals surface area contributed by atoms with E-state index in [9.17, 15) is 9.59 Å². The minimum Gasteiger partial charge on any atom is -0.366 e. The number of carbonyl (C=O) groups is 2. The monoisotopic (exact) mass is 319 g/mol. The highest BCUT2D eigenvalue weighted by Gasteiger charge is 2.27. The fourth-order valence-electron chi connectivity index (χ4n) is 2.64. The quantitative estimate of drug-likeness (QED) is 0.852. The average Bonchev–Trinajstić information content (AvgIpc) is 2.56. The number of carbonyl (C=O) groups excluding carboxylic acids is 2. The smallest absolute Gasteiger partial charge is 0.253 e. The average molecular weight is 319 g/mol. The lowest BCUT2D eigenvalue weighted by molar-refractivity contribution is -0.146. The number of benzene rings is 1. The predicted molar refractivity (Wildman–Crippen MR) is 89.4 cm³/mol. The van der Waals surface area contributed by atoms with Crippen molar-refractivity contribution in [2.45, 2.75) is 26.9 Å². The molecule has 0 aliphatic carbocycles. The van der Waals surface area contributed by atoms with Crippen LogP contribution in [0.25, 0.3) is 0 Å². The lowest BCUT2D eigenvalue weighted by Gasteiger charge is -2.28. The first kappa shape index (κ1) is 17.4. The summed E-state index contributed by atoms with van der Waals surface area (Å²) in [5.41, 5.74) is 2.83. The molecule has 0 radical (unpaired) electrons. The van der Waals surface area contributed by atoms with Gasteiger partial charge in [-0.25, -0.2) is 0 Å². The fraction of sp³-hybridized carbons (Fsp3) is 0.529. The summed E-state index contributed by atoms with van der Waals surface area (Å²) in [7, 11) is 0. The van der Waals surface area contributed by atoms with Gasteiger partial charge in [0.05, 0.1) is 13.2 Å². The van der Waals surface area contributed by atoms with Crippen LogP contribution in [0.3, 0.4) is 0 Å². The second-order valence-corrected chi connectivity index (χ2v) is 5.73. The lowest BCUT2D eigenvalue weighted by Crippen LogP contribution is -2.51. The summed E-state index contributed by atoms with van der Waals surface area (Å²) in [6.07, 6.45) is -0.503. The van der Waals surface area contributed by atoms with Crippen LogP contribution in [0, 0.1) is 13.8 Å². The molecule has 23 heavy (non-hydrogen) atoms. The van der Waals surface area contributed by atoms with E-state index < -0.39 is 6.10 Å². The zero-order chi connectivity index (χ0) is 16.8. The van der Waals surface area contributed by atoms with Gasteiger partial charge in [0, 0.05) is 25.3 Å². The predicted octanol–water partition coefficient (Wildman–Crippen LogP) is 1.08. The molecule has 0 saturated carbocycles. The molecule has 1 saturated heterocycles. The van der Waals surface area contributed by atoms with Gasteiger partial charge < -0.3 is 20.3 Å². The van der Waals surface area contributed by atoms with Crippen LogP contribution in [-0.4, -0.2) is 55.6 Å². The molecule has 1 fully saturated rings. The summed E-state index contributed by atoms with van der Waals surface area (Å²) in [4.78, 5) is 26.3. The number of rotatable bonds is 5. The standard InChI is InChI=1S/C17H25N3O3/c1-4-20(17(22)14-10-18-8-9-23-14)11-15(21)19-16-12(2)6-5-7-13(16)3/h5-7,14,18H,4,8-11H2,1-3H3,(H,19,21). The van der Waals surface area contributed by atoms with E-state index in [1.807, 2.05) is 39.0 Å². The van der Waals surface area contributed by atoms with Gasteiger partial charge in [-0.15, -0.1) is 0 Å². The largest absolute Gasteiger partial charge is 0.366 e. The molecular formula is C17H25N3O3. The molecule has 126 valence electrons. The van der Waals surface area contributed by atoms with Gasteiger partial charge >= 0.3 is 0 Å². The van der Waals surface area contributed by atoms with Crippen molar-refractivity contribution < 1.29 is 14.3 Å². The highest BCUT2D eigenvalue weighted by molar-refractivity contribution is 5.96. The maximum absolute atomic E-state index is 12.4. The number of nitrogens with one attached hydrogen (secondary N) is 2. The Morgan fingerprint density at radius 2 is 2.04 bits per heavy atom. The number of hydrogen-bond acceptors (Lipinski definition) is 4. The van der Waals surface area contributed by atoms with Gasteiger partial charge in [-0.2, -0.15) is 0 Å². The Balaban J connectivity index is 1.98. The first-order valence-corrected chi connectivity index (χ1v) is 8.00. The first-order valence-electron chi connectivity index (χ1n) is 8.00. The van der Waals surface area contributed by atoms with Gasteiger partial charge in [-0.1, -0.05) is 18.2 Å². The van der Waals surface area contributed by atoms with E-state index in [2.05, 4.69) is 10.6 Å². The Hall–Kier alpha value is -1.92. The van der Waals surface area contributed by atoms with Crippen molar-refractivity contribution in [1.29, 1.82) is 0 Å². The SMILES string of the molecule is CCN(CC(=O)Nc1c(C)cccc1C)C(=O)C1CNCCO1. The van der Waals surface area contributed by atoms with Gasteiger partial charge in [0.15, 0.2) is 0 Å². The number of aryl methyl sites for hydroxylation is 2. The molecule has 1 unspecified atom stereocenters. The Labute approximate surface area is 137 Å². The second-order valence-electron chi connectivity index (χ2n) is 5.73. The maximum atomic E-state index is 12.4. The van der Waals surface area contributed by atoms with Crippen molar-refractivity contribution in [3.63, 3.8) is 0 Å². The third-order valence-electron chi connectivity index (χ3n) is 3.98. The molecule has 1 atom stereocenters. The Bertz CT molecular complexity index is 548. The van der Waals surface area contributed by atoms with Gasteiger partial charge in [0.2, 0.25) is 5.91 Å². The van der Waals surface area contributed by atoms with Gasteiger partial charge in [-0.3, -0.25) is 9.59 Å². The molecule has 6 nitrogen and oxygen atoms in total. The molecule has 1 aromatic carbocycles. The van der Waals surface area contributed by atoms with Crippen molar-refractivity contribution in [2.24, 2.45) is 0 Å². The second kappa shape index (κ2) is 8.08. The molecule has 6 heteroatoms.